The molecule has 0 unspecified atom stereocenters. The predicted octanol–water partition coefficient (Wildman–Crippen LogP) is 1.77. The van der Waals surface area contributed by atoms with E-state index in [9.17, 15) is 4.39 Å². The van der Waals surface area contributed by atoms with Crippen LogP contribution >= 0.6 is 45.2 Å². The maximum absolute atomic E-state index is 13.3. The molecule has 72 valence electrons. The quantitative estimate of drug-likeness (QED) is 0.434. The average molecular weight is 398 g/mol. The van der Waals surface area contributed by atoms with Gasteiger partial charge in [0.05, 0.1) is 0 Å². The molecule has 1 heterocycles. The lowest BCUT2D eigenvalue weighted by Crippen LogP contribution is -2.50. The van der Waals surface area contributed by atoms with Crippen LogP contribution in [0.25, 0.3) is 0 Å². The zero-order chi connectivity index (χ0) is 9.14. The van der Waals surface area contributed by atoms with Gasteiger partial charge >= 0.3 is 0 Å². The number of alkyl halides is 3. The summed E-state index contributed by atoms with van der Waals surface area (Å²) in [5, 5.41) is 3.22. The third kappa shape index (κ3) is 3.59. The molecule has 0 saturated carbocycles. The molecule has 0 amide bonds. The molecular formula is C7H13FI2N2. The Balaban J connectivity index is 2.34. The Morgan fingerprint density at radius 3 is 2.75 bits per heavy atom. The highest BCUT2D eigenvalue weighted by Gasteiger charge is 2.27. The topological polar surface area (TPSA) is 15.3 Å². The minimum absolute atomic E-state index is 0.0556. The molecule has 0 aromatic heterocycles. The van der Waals surface area contributed by atoms with Crippen LogP contribution < -0.4 is 5.32 Å². The van der Waals surface area contributed by atoms with Crippen molar-refractivity contribution in [3.63, 3.8) is 0 Å². The fraction of sp³-hybridized carbons (Fsp3) is 1.00. The number of nitrogens with zero attached hydrogens (tertiary/aromatic N) is 1. The number of hydrogen-bond donors (Lipinski definition) is 1. The Labute approximate surface area is 99.9 Å². The normalized spacial score (nSPS) is 32.8. The first-order chi connectivity index (χ1) is 5.59. The Morgan fingerprint density at radius 2 is 2.25 bits per heavy atom. The van der Waals surface area contributed by atoms with E-state index in [0.29, 0.717) is 8.60 Å². The van der Waals surface area contributed by atoms with Gasteiger partial charge in [-0.3, -0.25) is 5.32 Å². The smallest absolute Gasteiger partial charge is 0.128 e. The van der Waals surface area contributed by atoms with E-state index >= 15 is 0 Å². The predicted molar refractivity (Wildman–Crippen MR) is 65.8 cm³/mol. The lowest BCUT2D eigenvalue weighted by atomic mass is 10.0. The van der Waals surface area contributed by atoms with Crippen LogP contribution in [0.2, 0.25) is 0 Å². The van der Waals surface area contributed by atoms with E-state index in [1.165, 1.54) is 0 Å². The molecule has 0 aliphatic carbocycles. The zero-order valence-electron chi connectivity index (χ0n) is 6.93. The highest BCUT2D eigenvalue weighted by molar-refractivity contribution is 14.2. The second kappa shape index (κ2) is 5.26. The molecule has 0 aromatic rings. The molecule has 1 N–H and O–H groups in total. The first-order valence-corrected chi connectivity index (χ1v) is 6.45. The molecule has 1 fully saturated rings. The second-order valence-corrected chi connectivity index (χ2v) is 8.02. The van der Waals surface area contributed by atoms with Crippen LogP contribution in [-0.2, 0) is 0 Å². The highest BCUT2D eigenvalue weighted by Crippen LogP contribution is 2.16. The van der Waals surface area contributed by atoms with Gasteiger partial charge in [-0.25, -0.2) is 4.39 Å². The number of hydrogen-bond acceptors (Lipinski definition) is 2. The number of piperidine rings is 1. The molecule has 5 heteroatoms. The summed E-state index contributed by atoms with van der Waals surface area (Å²) >= 11 is 4.51. The van der Waals surface area contributed by atoms with Crippen molar-refractivity contribution in [2.45, 2.75) is 20.7 Å². The summed E-state index contributed by atoms with van der Waals surface area (Å²) in [5.41, 5.74) is 0. The minimum Gasteiger partial charge on any atom is -0.303 e. The number of rotatable bonds is 2. The standard InChI is InChI=1S/C7H13FI2N2/c1-12-3-2-6(5(8)4-12)11-7(9)10/h5-7,11H,2-4H2,1H3/t5-,6-/m0/s1. The van der Waals surface area contributed by atoms with Crippen LogP contribution in [-0.4, -0.2) is 39.3 Å². The summed E-state index contributed by atoms with van der Waals surface area (Å²) in [7, 11) is 1.97. The van der Waals surface area contributed by atoms with Crippen LogP contribution in [0.1, 0.15) is 6.42 Å². The van der Waals surface area contributed by atoms with Crippen LogP contribution in [0.5, 0.6) is 0 Å². The molecule has 0 aromatic carbocycles. The first-order valence-electron chi connectivity index (χ1n) is 3.96. The number of halogens is 3. The maximum Gasteiger partial charge on any atom is 0.128 e. The number of likely N-dealkylation sites (tertiary alicyclic amines) is 1. The minimum atomic E-state index is -0.712. The first kappa shape index (κ1) is 11.4. The fourth-order valence-electron chi connectivity index (χ4n) is 1.41. The Kier molecular flexibility index (Phi) is 4.99. The third-order valence-electron chi connectivity index (χ3n) is 2.08. The van der Waals surface area contributed by atoms with Crippen molar-refractivity contribution in [2.75, 3.05) is 20.1 Å². The summed E-state index contributed by atoms with van der Waals surface area (Å²) in [4.78, 5) is 2.04. The van der Waals surface area contributed by atoms with Crippen LogP contribution in [0.3, 0.4) is 0 Å². The van der Waals surface area contributed by atoms with Crippen LogP contribution in [0.4, 0.5) is 4.39 Å². The third-order valence-corrected chi connectivity index (χ3v) is 2.80. The van der Waals surface area contributed by atoms with Crippen LogP contribution in [0.15, 0.2) is 0 Å². The molecular weight excluding hydrogens is 385 g/mol. The summed E-state index contributed by atoms with van der Waals surface area (Å²) in [6, 6.07) is 0.0556. The van der Waals surface area contributed by atoms with Crippen molar-refractivity contribution < 1.29 is 4.39 Å². The average Bonchev–Trinajstić information content (AvgIpc) is 1.94. The molecule has 1 rings (SSSR count). The fourth-order valence-corrected chi connectivity index (χ4v) is 2.33. The van der Waals surface area contributed by atoms with E-state index in [0.717, 1.165) is 13.0 Å². The second-order valence-electron chi connectivity index (χ2n) is 3.14. The zero-order valence-corrected chi connectivity index (χ0v) is 11.2. The van der Waals surface area contributed by atoms with Gasteiger partial charge in [-0.05, 0) is 20.0 Å². The summed E-state index contributed by atoms with van der Waals surface area (Å²) in [6.07, 6.45) is 0.205. The highest BCUT2D eigenvalue weighted by atomic mass is 127. The Hall–Kier alpha value is 1.31. The van der Waals surface area contributed by atoms with Gasteiger partial charge in [-0.1, -0.05) is 45.2 Å². The Bertz CT molecular complexity index is 145. The Morgan fingerprint density at radius 1 is 1.58 bits per heavy atom. The van der Waals surface area contributed by atoms with E-state index in [-0.39, 0.29) is 6.04 Å². The molecule has 2 nitrogen and oxygen atoms in total. The van der Waals surface area contributed by atoms with Gasteiger partial charge in [0.25, 0.3) is 0 Å². The van der Waals surface area contributed by atoms with Gasteiger partial charge in [0.1, 0.15) is 8.23 Å². The van der Waals surface area contributed by atoms with Crippen molar-refractivity contribution in [3.8, 4) is 0 Å². The van der Waals surface area contributed by atoms with Gasteiger partial charge in [-0.15, -0.1) is 0 Å². The van der Waals surface area contributed by atoms with Gasteiger partial charge in [0.15, 0.2) is 0 Å². The van der Waals surface area contributed by atoms with Gasteiger partial charge in [-0.2, -0.15) is 0 Å². The summed E-state index contributed by atoms with van der Waals surface area (Å²) in [5.74, 6) is 0. The molecule has 0 spiro atoms. The van der Waals surface area contributed by atoms with Crippen molar-refractivity contribution in [1.29, 1.82) is 0 Å². The van der Waals surface area contributed by atoms with Crippen molar-refractivity contribution >= 4 is 45.2 Å². The largest absolute Gasteiger partial charge is 0.303 e. The molecule has 1 aliphatic heterocycles. The SMILES string of the molecule is CN1CC[C@H](NC(I)I)[C@@H](F)C1. The maximum atomic E-state index is 13.3. The lowest BCUT2D eigenvalue weighted by Gasteiger charge is -2.33. The van der Waals surface area contributed by atoms with E-state index in [1.54, 1.807) is 0 Å². The van der Waals surface area contributed by atoms with E-state index < -0.39 is 6.17 Å². The molecule has 1 aliphatic rings. The van der Waals surface area contributed by atoms with Crippen molar-refractivity contribution in [3.05, 3.63) is 0 Å². The lowest BCUT2D eigenvalue weighted by molar-refractivity contribution is 0.126. The molecule has 1 saturated heterocycles. The monoisotopic (exact) mass is 398 g/mol. The molecule has 0 bridgehead atoms. The van der Waals surface area contributed by atoms with Gasteiger partial charge in [0.2, 0.25) is 0 Å². The molecule has 0 radical (unpaired) electrons. The van der Waals surface area contributed by atoms with Crippen LogP contribution in [0, 0.1) is 0 Å². The summed E-state index contributed by atoms with van der Waals surface area (Å²) < 4.78 is 13.7. The van der Waals surface area contributed by atoms with Gasteiger partial charge < -0.3 is 4.90 Å². The molecule has 12 heavy (non-hydrogen) atoms. The molecule has 2 atom stereocenters. The van der Waals surface area contributed by atoms with E-state index in [1.807, 2.05) is 11.9 Å². The van der Waals surface area contributed by atoms with Gasteiger partial charge in [0, 0.05) is 12.6 Å². The van der Waals surface area contributed by atoms with E-state index in [4.69, 9.17) is 0 Å². The van der Waals surface area contributed by atoms with E-state index in [2.05, 4.69) is 50.5 Å². The van der Waals surface area contributed by atoms with Crippen molar-refractivity contribution in [2.24, 2.45) is 0 Å². The number of nitrogens with one attached hydrogen (secondary N) is 1. The van der Waals surface area contributed by atoms with Crippen molar-refractivity contribution in [1.82, 2.24) is 10.2 Å². The summed E-state index contributed by atoms with van der Waals surface area (Å²) in [6.45, 7) is 1.57.